The Morgan fingerprint density at radius 3 is 2.75 bits per heavy atom. The SMILES string of the molecule is COc1ccccc1Oc1ccnc(Nc2ccc3c(C4CNCCO4)c(C(C)=O)c(=O)oc3c2)n1. The number of carbonyl (C=O) groups is 1. The van der Waals surface area contributed by atoms with Crippen molar-refractivity contribution in [2.45, 2.75) is 13.0 Å². The number of fused-ring (bicyclic) bond motifs is 1. The summed E-state index contributed by atoms with van der Waals surface area (Å²) < 4.78 is 22.6. The number of Topliss-reactive ketones (excluding diaryl/α,β-unsaturated/α-hetero) is 1. The minimum Gasteiger partial charge on any atom is -0.493 e. The summed E-state index contributed by atoms with van der Waals surface area (Å²) in [6, 6.07) is 14.1. The number of anilines is 2. The molecule has 0 amide bonds. The zero-order valence-electron chi connectivity index (χ0n) is 19.7. The molecule has 1 aliphatic rings. The van der Waals surface area contributed by atoms with Crippen LogP contribution in [-0.2, 0) is 4.74 Å². The first kappa shape index (κ1) is 23.5. The third kappa shape index (κ3) is 4.77. The maximum absolute atomic E-state index is 12.7. The highest BCUT2D eigenvalue weighted by molar-refractivity contribution is 6.00. The second kappa shape index (κ2) is 10.1. The molecule has 184 valence electrons. The summed E-state index contributed by atoms with van der Waals surface area (Å²) in [7, 11) is 1.56. The Bertz CT molecular complexity index is 1480. The molecular formula is C26H24N4O6. The van der Waals surface area contributed by atoms with E-state index in [4.69, 9.17) is 18.6 Å². The zero-order chi connectivity index (χ0) is 25.1. The standard InChI is InChI=1S/C26H24N4O6/c1-15(31)23-24(21-14-27-11-12-34-21)17-8-7-16(13-20(17)36-25(23)32)29-26-28-10-9-22(30-26)35-19-6-4-3-5-18(19)33-2/h3-10,13,21,27H,11-12,14H2,1-2H3,(H,28,29,30). The van der Waals surface area contributed by atoms with E-state index in [1.165, 1.54) is 6.92 Å². The second-order valence-corrected chi connectivity index (χ2v) is 8.11. The lowest BCUT2D eigenvalue weighted by atomic mass is 9.96. The van der Waals surface area contributed by atoms with Gasteiger partial charge in [-0.25, -0.2) is 9.78 Å². The van der Waals surface area contributed by atoms with Crippen LogP contribution in [0, 0.1) is 0 Å². The van der Waals surface area contributed by atoms with Crippen LogP contribution in [0.4, 0.5) is 11.6 Å². The third-order valence-electron chi connectivity index (χ3n) is 5.72. The van der Waals surface area contributed by atoms with Crippen molar-refractivity contribution in [2.75, 3.05) is 32.1 Å². The summed E-state index contributed by atoms with van der Waals surface area (Å²) in [5.41, 5.74) is 0.766. The third-order valence-corrected chi connectivity index (χ3v) is 5.72. The highest BCUT2D eigenvalue weighted by atomic mass is 16.5. The highest BCUT2D eigenvalue weighted by Crippen LogP contribution is 2.32. The molecule has 1 atom stereocenters. The molecule has 10 heteroatoms. The van der Waals surface area contributed by atoms with E-state index in [0.717, 1.165) is 0 Å². The van der Waals surface area contributed by atoms with Crippen molar-refractivity contribution in [1.82, 2.24) is 15.3 Å². The number of nitrogens with zero attached hydrogens (tertiary/aromatic N) is 2. The minimum atomic E-state index is -0.695. The van der Waals surface area contributed by atoms with Crippen LogP contribution in [0.3, 0.4) is 0 Å². The van der Waals surface area contributed by atoms with E-state index in [9.17, 15) is 9.59 Å². The van der Waals surface area contributed by atoms with Crippen LogP contribution in [0.25, 0.3) is 11.0 Å². The quantitative estimate of drug-likeness (QED) is 0.291. The number of rotatable bonds is 7. The molecule has 36 heavy (non-hydrogen) atoms. The summed E-state index contributed by atoms with van der Waals surface area (Å²) in [4.78, 5) is 33.7. The number of hydrogen-bond donors (Lipinski definition) is 2. The van der Waals surface area contributed by atoms with Crippen LogP contribution in [0.2, 0.25) is 0 Å². The van der Waals surface area contributed by atoms with Gasteiger partial charge in [-0.15, -0.1) is 0 Å². The largest absolute Gasteiger partial charge is 0.493 e. The normalized spacial score (nSPS) is 15.4. The fraction of sp³-hybridized carbons (Fsp3) is 0.231. The average molecular weight is 489 g/mol. The first-order chi connectivity index (χ1) is 17.5. The Balaban J connectivity index is 1.46. The molecule has 0 radical (unpaired) electrons. The van der Waals surface area contributed by atoms with Crippen LogP contribution >= 0.6 is 0 Å². The van der Waals surface area contributed by atoms with Crippen LogP contribution in [-0.4, -0.2) is 42.6 Å². The number of ether oxygens (including phenoxy) is 3. The van der Waals surface area contributed by atoms with Gasteiger partial charge in [-0.05, 0) is 31.2 Å². The Labute approximate surface area is 206 Å². The number of nitrogens with one attached hydrogen (secondary N) is 2. The molecule has 1 saturated heterocycles. The van der Waals surface area contributed by atoms with Gasteiger partial charge in [0.15, 0.2) is 17.3 Å². The minimum absolute atomic E-state index is 0.0152. The van der Waals surface area contributed by atoms with E-state index >= 15 is 0 Å². The lowest BCUT2D eigenvalue weighted by Gasteiger charge is -2.26. The van der Waals surface area contributed by atoms with Crippen molar-refractivity contribution in [1.29, 1.82) is 0 Å². The molecule has 5 rings (SSSR count). The molecule has 0 saturated carbocycles. The Morgan fingerprint density at radius 2 is 2.00 bits per heavy atom. The lowest BCUT2D eigenvalue weighted by molar-refractivity contribution is 0.0277. The molecule has 1 fully saturated rings. The van der Waals surface area contributed by atoms with Gasteiger partial charge in [0.2, 0.25) is 11.8 Å². The van der Waals surface area contributed by atoms with Gasteiger partial charge >= 0.3 is 5.63 Å². The number of carbonyl (C=O) groups excluding carboxylic acids is 1. The Morgan fingerprint density at radius 1 is 1.17 bits per heavy atom. The fourth-order valence-electron chi connectivity index (χ4n) is 4.13. The van der Waals surface area contributed by atoms with Gasteiger partial charge in [-0.3, -0.25) is 4.79 Å². The number of hydrogen-bond acceptors (Lipinski definition) is 10. The molecule has 0 aliphatic carbocycles. The molecule has 0 spiro atoms. The summed E-state index contributed by atoms with van der Waals surface area (Å²) in [6.07, 6.45) is 1.13. The van der Waals surface area contributed by atoms with Crippen LogP contribution in [0.15, 0.2) is 63.9 Å². The summed E-state index contributed by atoms with van der Waals surface area (Å²) in [5, 5.41) is 6.97. The first-order valence-corrected chi connectivity index (χ1v) is 11.4. The van der Waals surface area contributed by atoms with Crippen molar-refractivity contribution in [2.24, 2.45) is 0 Å². The molecule has 0 bridgehead atoms. The van der Waals surface area contributed by atoms with Gasteiger partial charge in [-0.2, -0.15) is 4.98 Å². The van der Waals surface area contributed by atoms with Crippen molar-refractivity contribution >= 4 is 28.4 Å². The van der Waals surface area contributed by atoms with E-state index in [1.54, 1.807) is 49.7 Å². The van der Waals surface area contributed by atoms with Gasteiger partial charge in [0.1, 0.15) is 11.1 Å². The number of methoxy groups -OCH3 is 1. The van der Waals surface area contributed by atoms with E-state index in [1.807, 2.05) is 12.1 Å². The smallest absolute Gasteiger partial charge is 0.347 e. The maximum atomic E-state index is 12.7. The number of benzene rings is 2. The molecule has 2 aromatic heterocycles. The van der Waals surface area contributed by atoms with Gasteiger partial charge in [0.25, 0.3) is 0 Å². The van der Waals surface area contributed by atoms with E-state index in [0.29, 0.717) is 59.3 Å². The van der Waals surface area contributed by atoms with Crippen LogP contribution in [0.5, 0.6) is 17.4 Å². The number of ketones is 1. The van der Waals surface area contributed by atoms with Gasteiger partial charge in [0, 0.05) is 48.1 Å². The monoisotopic (exact) mass is 488 g/mol. The topological polar surface area (TPSA) is 125 Å². The van der Waals surface area contributed by atoms with Crippen molar-refractivity contribution in [3.8, 4) is 17.4 Å². The Hall–Kier alpha value is -4.28. The first-order valence-electron chi connectivity index (χ1n) is 11.4. The molecule has 2 N–H and O–H groups in total. The molecular weight excluding hydrogens is 464 g/mol. The second-order valence-electron chi connectivity index (χ2n) is 8.11. The molecule has 1 aliphatic heterocycles. The molecule has 10 nitrogen and oxygen atoms in total. The molecule has 3 heterocycles. The lowest BCUT2D eigenvalue weighted by Crippen LogP contribution is -2.35. The average Bonchev–Trinajstić information content (AvgIpc) is 2.88. The predicted molar refractivity (Wildman–Crippen MR) is 132 cm³/mol. The van der Waals surface area contributed by atoms with Crippen LogP contribution < -0.4 is 25.7 Å². The fourth-order valence-corrected chi connectivity index (χ4v) is 4.13. The zero-order valence-corrected chi connectivity index (χ0v) is 19.7. The van der Waals surface area contributed by atoms with Crippen molar-refractivity contribution in [3.05, 3.63) is 76.3 Å². The maximum Gasteiger partial charge on any atom is 0.347 e. The molecule has 4 aromatic rings. The number of para-hydroxylation sites is 2. The highest BCUT2D eigenvalue weighted by Gasteiger charge is 2.27. The predicted octanol–water partition coefficient (Wildman–Crippen LogP) is 3.99. The molecule has 2 aromatic carbocycles. The van der Waals surface area contributed by atoms with Crippen molar-refractivity contribution in [3.63, 3.8) is 0 Å². The van der Waals surface area contributed by atoms with Gasteiger partial charge in [0.05, 0.1) is 19.8 Å². The van der Waals surface area contributed by atoms with E-state index in [-0.39, 0.29) is 17.3 Å². The summed E-state index contributed by atoms with van der Waals surface area (Å²) in [6.45, 7) is 3.03. The number of morpholine rings is 1. The summed E-state index contributed by atoms with van der Waals surface area (Å²) >= 11 is 0. The van der Waals surface area contributed by atoms with E-state index < -0.39 is 11.7 Å². The van der Waals surface area contributed by atoms with Crippen molar-refractivity contribution < 1.29 is 23.4 Å². The molecule has 1 unspecified atom stereocenters. The summed E-state index contributed by atoms with van der Waals surface area (Å²) in [5.74, 6) is 1.33. The van der Waals surface area contributed by atoms with Gasteiger partial charge < -0.3 is 29.3 Å². The Kier molecular flexibility index (Phi) is 6.61. The van der Waals surface area contributed by atoms with Crippen LogP contribution in [0.1, 0.15) is 28.9 Å². The number of aromatic nitrogens is 2. The van der Waals surface area contributed by atoms with Gasteiger partial charge in [-0.1, -0.05) is 12.1 Å². The van der Waals surface area contributed by atoms with E-state index in [2.05, 4.69) is 20.6 Å².